The van der Waals surface area contributed by atoms with E-state index in [1.54, 1.807) is 0 Å². The van der Waals surface area contributed by atoms with Crippen LogP contribution in [-0.2, 0) is 13.2 Å². The van der Waals surface area contributed by atoms with Gasteiger partial charge in [-0.05, 0) is 29.7 Å². The second-order valence-electron chi connectivity index (χ2n) is 7.23. The molecule has 0 bridgehead atoms. The van der Waals surface area contributed by atoms with Crippen molar-refractivity contribution in [3.63, 3.8) is 0 Å². The Hall–Kier alpha value is -3.92. The molecule has 0 radical (unpaired) electrons. The number of rotatable bonds is 8. The summed E-state index contributed by atoms with van der Waals surface area (Å²) >= 11 is 0. The maximum Gasteiger partial charge on any atom is 0.276 e. The highest BCUT2D eigenvalue weighted by Gasteiger charge is 2.10. The van der Waals surface area contributed by atoms with Crippen LogP contribution in [0.5, 0.6) is 11.6 Å². The van der Waals surface area contributed by atoms with Crippen LogP contribution in [0.25, 0.3) is 12.2 Å². The van der Waals surface area contributed by atoms with Gasteiger partial charge >= 0.3 is 0 Å². The van der Waals surface area contributed by atoms with Gasteiger partial charge in [0, 0.05) is 6.07 Å². The number of hydrogen-bond donors (Lipinski definition) is 0. The van der Waals surface area contributed by atoms with Gasteiger partial charge in [-0.1, -0.05) is 96.6 Å². The standard InChI is InChI=1S/C27H24N2O2/c1-21-9-8-14-22(17-21)15-16-25-18-26(30-19-23-10-4-2-5-11-23)27(29-28-25)31-20-24-12-6-3-7-13-24/h2-18H,19-20H2,1H3. The van der Waals surface area contributed by atoms with Gasteiger partial charge in [0.15, 0.2) is 5.75 Å². The molecule has 4 heteroatoms. The number of hydrogen-bond acceptors (Lipinski definition) is 4. The Labute approximate surface area is 182 Å². The molecule has 4 aromatic rings. The first-order chi connectivity index (χ1) is 15.3. The predicted octanol–water partition coefficient (Wildman–Crippen LogP) is 6.11. The van der Waals surface area contributed by atoms with Gasteiger partial charge in [-0.3, -0.25) is 0 Å². The molecular weight excluding hydrogens is 384 g/mol. The second kappa shape index (κ2) is 10.2. The third-order valence-electron chi connectivity index (χ3n) is 4.69. The molecule has 1 heterocycles. The summed E-state index contributed by atoms with van der Waals surface area (Å²) in [6.07, 6.45) is 3.95. The highest BCUT2D eigenvalue weighted by Crippen LogP contribution is 2.27. The van der Waals surface area contributed by atoms with Gasteiger partial charge in [-0.15, -0.1) is 10.2 Å². The van der Waals surface area contributed by atoms with E-state index < -0.39 is 0 Å². The number of aryl methyl sites for hydroxylation is 1. The average Bonchev–Trinajstić information content (AvgIpc) is 2.82. The fraction of sp³-hybridized carbons (Fsp3) is 0.111. The van der Waals surface area contributed by atoms with E-state index in [0.717, 1.165) is 16.7 Å². The fourth-order valence-corrected chi connectivity index (χ4v) is 3.08. The highest BCUT2D eigenvalue weighted by molar-refractivity contribution is 5.68. The van der Waals surface area contributed by atoms with Crippen molar-refractivity contribution >= 4 is 12.2 Å². The maximum absolute atomic E-state index is 6.06. The summed E-state index contributed by atoms with van der Waals surface area (Å²) < 4.78 is 12.0. The zero-order valence-corrected chi connectivity index (χ0v) is 17.4. The molecule has 0 aliphatic carbocycles. The molecule has 3 aromatic carbocycles. The van der Waals surface area contributed by atoms with E-state index in [9.17, 15) is 0 Å². The lowest BCUT2D eigenvalue weighted by atomic mass is 10.1. The Morgan fingerprint density at radius 3 is 2.03 bits per heavy atom. The molecule has 1 aromatic heterocycles. The van der Waals surface area contributed by atoms with Crippen molar-refractivity contribution in [1.29, 1.82) is 0 Å². The summed E-state index contributed by atoms with van der Waals surface area (Å²) in [6, 6.07) is 30.1. The lowest BCUT2D eigenvalue weighted by molar-refractivity contribution is 0.244. The smallest absolute Gasteiger partial charge is 0.276 e. The largest absolute Gasteiger partial charge is 0.483 e. The Balaban J connectivity index is 1.54. The van der Waals surface area contributed by atoms with Crippen LogP contribution in [0.1, 0.15) is 27.9 Å². The molecule has 0 spiro atoms. The molecule has 0 aliphatic rings. The Morgan fingerprint density at radius 2 is 1.35 bits per heavy atom. The molecule has 4 rings (SSSR count). The van der Waals surface area contributed by atoms with Crippen molar-refractivity contribution < 1.29 is 9.47 Å². The van der Waals surface area contributed by atoms with Gasteiger partial charge in [-0.2, -0.15) is 0 Å². The summed E-state index contributed by atoms with van der Waals surface area (Å²) in [5.74, 6) is 0.950. The van der Waals surface area contributed by atoms with Crippen LogP contribution in [0.4, 0.5) is 0 Å². The summed E-state index contributed by atoms with van der Waals surface area (Å²) in [4.78, 5) is 0. The van der Waals surface area contributed by atoms with Crippen LogP contribution in [0.3, 0.4) is 0 Å². The molecule has 154 valence electrons. The summed E-state index contributed by atoms with van der Waals surface area (Å²) in [7, 11) is 0. The molecule has 0 N–H and O–H groups in total. The zero-order chi connectivity index (χ0) is 21.3. The first-order valence-electron chi connectivity index (χ1n) is 10.2. The Kier molecular flexibility index (Phi) is 6.71. The van der Waals surface area contributed by atoms with Crippen LogP contribution in [-0.4, -0.2) is 10.2 Å². The molecule has 31 heavy (non-hydrogen) atoms. The average molecular weight is 409 g/mol. The number of benzene rings is 3. The van der Waals surface area contributed by atoms with Gasteiger partial charge in [-0.25, -0.2) is 0 Å². The third-order valence-corrected chi connectivity index (χ3v) is 4.69. The lowest BCUT2D eigenvalue weighted by Crippen LogP contribution is -2.04. The normalized spacial score (nSPS) is 10.9. The minimum absolute atomic E-state index is 0.382. The van der Waals surface area contributed by atoms with Crippen molar-refractivity contribution in [1.82, 2.24) is 10.2 Å². The minimum atomic E-state index is 0.382. The van der Waals surface area contributed by atoms with Crippen molar-refractivity contribution in [2.45, 2.75) is 20.1 Å². The van der Waals surface area contributed by atoms with Gasteiger partial charge in [0.1, 0.15) is 13.2 Å². The Morgan fingerprint density at radius 1 is 0.677 bits per heavy atom. The summed E-state index contributed by atoms with van der Waals surface area (Å²) in [5, 5.41) is 8.59. The van der Waals surface area contributed by atoms with Crippen LogP contribution in [0.15, 0.2) is 91.0 Å². The predicted molar refractivity (Wildman–Crippen MR) is 124 cm³/mol. The minimum Gasteiger partial charge on any atom is -0.483 e. The third kappa shape index (κ3) is 6.03. The molecule has 0 amide bonds. The first-order valence-corrected chi connectivity index (χ1v) is 10.2. The van der Waals surface area contributed by atoms with Crippen molar-refractivity contribution in [3.05, 3.63) is 119 Å². The van der Waals surface area contributed by atoms with Gasteiger partial charge in [0.2, 0.25) is 0 Å². The van der Waals surface area contributed by atoms with Gasteiger partial charge in [0.25, 0.3) is 5.88 Å². The summed E-state index contributed by atoms with van der Waals surface area (Å²) in [6.45, 7) is 2.90. The first kappa shape index (κ1) is 20.4. The zero-order valence-electron chi connectivity index (χ0n) is 17.4. The van der Waals surface area contributed by atoms with Crippen LogP contribution in [0, 0.1) is 6.92 Å². The lowest BCUT2D eigenvalue weighted by Gasteiger charge is -2.12. The molecule has 0 fully saturated rings. The molecule has 4 nitrogen and oxygen atoms in total. The molecular formula is C27H24N2O2. The van der Waals surface area contributed by atoms with Gasteiger partial charge in [0.05, 0.1) is 5.69 Å². The van der Waals surface area contributed by atoms with E-state index in [4.69, 9.17) is 9.47 Å². The molecule has 0 saturated heterocycles. The molecule has 0 aliphatic heterocycles. The number of ether oxygens (including phenoxy) is 2. The van der Waals surface area contributed by atoms with Crippen LogP contribution in [0.2, 0.25) is 0 Å². The van der Waals surface area contributed by atoms with Crippen molar-refractivity contribution in [2.75, 3.05) is 0 Å². The number of nitrogens with zero attached hydrogens (tertiary/aromatic N) is 2. The fourth-order valence-electron chi connectivity index (χ4n) is 3.08. The van der Waals surface area contributed by atoms with E-state index in [-0.39, 0.29) is 0 Å². The molecule has 0 saturated carbocycles. The monoisotopic (exact) mass is 408 g/mol. The van der Waals surface area contributed by atoms with E-state index in [2.05, 4.69) is 35.3 Å². The molecule has 0 atom stereocenters. The van der Waals surface area contributed by atoms with Crippen molar-refractivity contribution in [3.8, 4) is 11.6 Å². The second-order valence-corrected chi connectivity index (χ2v) is 7.23. The highest BCUT2D eigenvalue weighted by atomic mass is 16.5. The Bertz CT molecular complexity index is 1140. The van der Waals surface area contributed by atoms with E-state index >= 15 is 0 Å². The maximum atomic E-state index is 6.06. The van der Waals surface area contributed by atoms with Gasteiger partial charge < -0.3 is 9.47 Å². The SMILES string of the molecule is Cc1cccc(C=Cc2cc(OCc3ccccc3)c(OCc3ccccc3)nn2)c1. The topological polar surface area (TPSA) is 44.2 Å². The van der Waals surface area contributed by atoms with Crippen molar-refractivity contribution in [2.24, 2.45) is 0 Å². The quantitative estimate of drug-likeness (QED) is 0.353. The van der Waals surface area contributed by atoms with Crippen LogP contribution < -0.4 is 9.47 Å². The number of aromatic nitrogens is 2. The van der Waals surface area contributed by atoms with E-state index in [0.29, 0.717) is 30.5 Å². The summed E-state index contributed by atoms with van der Waals surface area (Å²) in [5.41, 5.74) is 5.16. The van der Waals surface area contributed by atoms with E-state index in [1.165, 1.54) is 5.56 Å². The van der Waals surface area contributed by atoms with Crippen LogP contribution >= 0.6 is 0 Å². The van der Waals surface area contributed by atoms with E-state index in [1.807, 2.05) is 84.9 Å². The molecule has 0 unspecified atom stereocenters.